The molecule has 0 fully saturated rings. The Bertz CT molecular complexity index is 769. The molecule has 0 heterocycles. The molecule has 0 aliphatic heterocycles. The lowest BCUT2D eigenvalue weighted by atomic mass is 10.1. The summed E-state index contributed by atoms with van der Waals surface area (Å²) in [6.45, 7) is 8.40. The molecule has 0 spiro atoms. The molecular weight excluding hydrogens is 328 g/mol. The van der Waals surface area contributed by atoms with Crippen LogP contribution in [0.15, 0.2) is 42.5 Å². The number of aryl methyl sites for hydroxylation is 1. The molecule has 0 aromatic heterocycles. The molecule has 5 nitrogen and oxygen atoms in total. The fourth-order valence-electron chi connectivity index (χ4n) is 2.43. The van der Waals surface area contributed by atoms with Gasteiger partial charge in [0.15, 0.2) is 0 Å². The van der Waals surface area contributed by atoms with Crippen molar-refractivity contribution in [3.05, 3.63) is 59.2 Å². The van der Waals surface area contributed by atoms with Crippen molar-refractivity contribution in [2.75, 3.05) is 11.9 Å². The van der Waals surface area contributed by atoms with E-state index in [1.807, 2.05) is 27.7 Å². The van der Waals surface area contributed by atoms with Crippen LogP contribution in [0.3, 0.4) is 0 Å². The van der Waals surface area contributed by atoms with Crippen LogP contribution < -0.4 is 15.4 Å². The molecule has 138 valence electrons. The third-order valence-electron chi connectivity index (χ3n) is 4.13. The second-order valence-corrected chi connectivity index (χ2v) is 6.23. The van der Waals surface area contributed by atoms with Crippen LogP contribution in [0.4, 0.5) is 5.69 Å². The van der Waals surface area contributed by atoms with Gasteiger partial charge in [0, 0.05) is 22.9 Å². The van der Waals surface area contributed by atoms with E-state index in [4.69, 9.17) is 4.74 Å². The Hall–Kier alpha value is -2.82. The quantitative estimate of drug-likeness (QED) is 0.784. The molecule has 0 aliphatic carbocycles. The van der Waals surface area contributed by atoms with E-state index >= 15 is 0 Å². The first-order valence-electron chi connectivity index (χ1n) is 8.90. The second kappa shape index (κ2) is 9.04. The molecule has 5 heteroatoms. The third kappa shape index (κ3) is 5.09. The van der Waals surface area contributed by atoms with Gasteiger partial charge in [0.25, 0.3) is 11.8 Å². The molecule has 0 saturated carbocycles. The fourth-order valence-corrected chi connectivity index (χ4v) is 2.43. The average Bonchev–Trinajstić information content (AvgIpc) is 2.63. The minimum Gasteiger partial charge on any atom is -0.494 e. The van der Waals surface area contributed by atoms with Gasteiger partial charge in [-0.05, 0) is 75.2 Å². The summed E-state index contributed by atoms with van der Waals surface area (Å²) in [4.78, 5) is 24.5. The molecule has 0 radical (unpaired) electrons. The summed E-state index contributed by atoms with van der Waals surface area (Å²) < 4.78 is 5.49. The molecule has 26 heavy (non-hydrogen) atoms. The Balaban J connectivity index is 2.03. The molecule has 2 N–H and O–H groups in total. The van der Waals surface area contributed by atoms with E-state index < -0.39 is 0 Å². The number of amides is 2. The smallest absolute Gasteiger partial charge is 0.255 e. The minimum atomic E-state index is -0.201. The zero-order chi connectivity index (χ0) is 19.1. The lowest BCUT2D eigenvalue weighted by Crippen LogP contribution is -2.31. The predicted octanol–water partition coefficient (Wildman–Crippen LogP) is 4.17. The van der Waals surface area contributed by atoms with Gasteiger partial charge in [0.2, 0.25) is 0 Å². The number of benzene rings is 2. The van der Waals surface area contributed by atoms with E-state index in [0.29, 0.717) is 23.4 Å². The minimum absolute atomic E-state index is 0.112. The molecule has 1 atom stereocenters. The first kappa shape index (κ1) is 19.5. The van der Waals surface area contributed by atoms with Gasteiger partial charge in [-0.3, -0.25) is 9.59 Å². The van der Waals surface area contributed by atoms with Crippen molar-refractivity contribution in [2.45, 2.75) is 40.2 Å². The Morgan fingerprint density at radius 2 is 1.65 bits per heavy atom. The number of carbonyl (C=O) groups is 2. The van der Waals surface area contributed by atoms with Gasteiger partial charge in [-0.1, -0.05) is 6.92 Å². The van der Waals surface area contributed by atoms with E-state index in [0.717, 1.165) is 17.7 Å². The molecule has 2 aromatic carbocycles. The number of anilines is 1. The van der Waals surface area contributed by atoms with E-state index in [1.165, 1.54) is 0 Å². The van der Waals surface area contributed by atoms with Crippen molar-refractivity contribution in [2.24, 2.45) is 0 Å². The summed E-state index contributed by atoms with van der Waals surface area (Å²) in [5.41, 5.74) is 2.68. The van der Waals surface area contributed by atoms with Gasteiger partial charge in [0.05, 0.1) is 6.61 Å². The van der Waals surface area contributed by atoms with Crippen molar-refractivity contribution in [1.29, 1.82) is 0 Å². The van der Waals surface area contributed by atoms with Crippen molar-refractivity contribution in [1.82, 2.24) is 5.32 Å². The summed E-state index contributed by atoms with van der Waals surface area (Å²) in [6.07, 6.45) is 0.876. The van der Waals surface area contributed by atoms with Crippen LogP contribution in [-0.4, -0.2) is 24.5 Å². The summed E-state index contributed by atoms with van der Waals surface area (Å²) >= 11 is 0. The summed E-state index contributed by atoms with van der Waals surface area (Å²) in [5, 5.41) is 5.76. The maximum Gasteiger partial charge on any atom is 0.255 e. The van der Waals surface area contributed by atoms with Crippen LogP contribution in [0.5, 0.6) is 5.75 Å². The van der Waals surface area contributed by atoms with Crippen molar-refractivity contribution >= 4 is 17.5 Å². The summed E-state index contributed by atoms with van der Waals surface area (Å²) in [5.74, 6) is 0.466. The lowest BCUT2D eigenvalue weighted by molar-refractivity contribution is 0.0938. The normalized spacial score (nSPS) is 11.5. The zero-order valence-corrected chi connectivity index (χ0v) is 15.8. The molecule has 0 aliphatic rings. The maximum atomic E-state index is 12.4. The zero-order valence-electron chi connectivity index (χ0n) is 15.8. The molecule has 0 bridgehead atoms. The highest BCUT2D eigenvalue weighted by molar-refractivity contribution is 6.04. The standard InChI is InChI=1S/C21H26N2O3/c1-5-15(4)22-20(24)16-7-10-18(11-8-16)23-21(25)17-9-12-19(26-6-2)14(3)13-17/h7-13,15H,5-6H2,1-4H3,(H,22,24)(H,23,25). The van der Waals surface area contributed by atoms with Crippen LogP contribution in [0.2, 0.25) is 0 Å². The Morgan fingerprint density at radius 1 is 1.00 bits per heavy atom. The lowest BCUT2D eigenvalue weighted by Gasteiger charge is -2.12. The Labute approximate surface area is 154 Å². The summed E-state index contributed by atoms with van der Waals surface area (Å²) in [6, 6.07) is 12.3. The Morgan fingerprint density at radius 3 is 2.23 bits per heavy atom. The molecule has 1 unspecified atom stereocenters. The van der Waals surface area contributed by atoms with E-state index in [-0.39, 0.29) is 17.9 Å². The van der Waals surface area contributed by atoms with Crippen LogP contribution in [0.1, 0.15) is 53.5 Å². The third-order valence-corrected chi connectivity index (χ3v) is 4.13. The van der Waals surface area contributed by atoms with Gasteiger partial charge in [-0.2, -0.15) is 0 Å². The fraction of sp³-hybridized carbons (Fsp3) is 0.333. The number of nitrogens with one attached hydrogen (secondary N) is 2. The van der Waals surface area contributed by atoms with Crippen molar-refractivity contribution < 1.29 is 14.3 Å². The largest absolute Gasteiger partial charge is 0.494 e. The second-order valence-electron chi connectivity index (χ2n) is 6.23. The van der Waals surface area contributed by atoms with Crippen molar-refractivity contribution in [3.8, 4) is 5.75 Å². The number of hydrogen-bond acceptors (Lipinski definition) is 3. The maximum absolute atomic E-state index is 12.4. The Kier molecular flexibility index (Phi) is 6.78. The van der Waals surface area contributed by atoms with Gasteiger partial charge >= 0.3 is 0 Å². The monoisotopic (exact) mass is 354 g/mol. The first-order valence-corrected chi connectivity index (χ1v) is 8.90. The van der Waals surface area contributed by atoms with Crippen LogP contribution in [0, 0.1) is 6.92 Å². The SMILES string of the molecule is CCOc1ccc(C(=O)Nc2ccc(C(=O)NC(C)CC)cc2)cc1C. The number of ether oxygens (including phenoxy) is 1. The van der Waals surface area contributed by atoms with Crippen LogP contribution >= 0.6 is 0 Å². The van der Waals surface area contributed by atoms with Gasteiger partial charge < -0.3 is 15.4 Å². The molecule has 0 saturated heterocycles. The molecule has 2 rings (SSSR count). The average molecular weight is 354 g/mol. The van der Waals surface area contributed by atoms with E-state index in [1.54, 1.807) is 42.5 Å². The molecule has 2 amide bonds. The van der Waals surface area contributed by atoms with Crippen LogP contribution in [-0.2, 0) is 0 Å². The topological polar surface area (TPSA) is 67.4 Å². The summed E-state index contributed by atoms with van der Waals surface area (Å²) in [7, 11) is 0. The molecule has 2 aromatic rings. The van der Waals surface area contributed by atoms with Crippen molar-refractivity contribution in [3.63, 3.8) is 0 Å². The van der Waals surface area contributed by atoms with E-state index in [2.05, 4.69) is 10.6 Å². The number of carbonyl (C=O) groups excluding carboxylic acids is 2. The molecular formula is C21H26N2O3. The van der Waals surface area contributed by atoms with E-state index in [9.17, 15) is 9.59 Å². The number of hydrogen-bond donors (Lipinski definition) is 2. The van der Waals surface area contributed by atoms with Gasteiger partial charge in [-0.15, -0.1) is 0 Å². The highest BCUT2D eigenvalue weighted by atomic mass is 16.5. The first-order chi connectivity index (χ1) is 12.4. The predicted molar refractivity (Wildman–Crippen MR) is 104 cm³/mol. The highest BCUT2D eigenvalue weighted by Gasteiger charge is 2.11. The van der Waals surface area contributed by atoms with Crippen LogP contribution in [0.25, 0.3) is 0 Å². The number of rotatable bonds is 7. The van der Waals surface area contributed by atoms with Gasteiger partial charge in [0.1, 0.15) is 5.75 Å². The van der Waals surface area contributed by atoms with Gasteiger partial charge in [-0.25, -0.2) is 0 Å². The highest BCUT2D eigenvalue weighted by Crippen LogP contribution is 2.20.